The number of carbonyl (C=O) groups is 1. The van der Waals surface area contributed by atoms with Gasteiger partial charge in [0, 0.05) is 43.6 Å². The van der Waals surface area contributed by atoms with E-state index in [-0.39, 0.29) is 11.7 Å². The largest absolute Gasteiger partial charge is 0.378 e. The van der Waals surface area contributed by atoms with Crippen LogP contribution in [0.2, 0.25) is 0 Å². The lowest BCUT2D eigenvalue weighted by Gasteiger charge is -2.34. The summed E-state index contributed by atoms with van der Waals surface area (Å²) in [5.74, 6) is 2.21. The number of amides is 1. The van der Waals surface area contributed by atoms with Crippen molar-refractivity contribution in [3.05, 3.63) is 41.3 Å². The van der Waals surface area contributed by atoms with Gasteiger partial charge in [0.1, 0.15) is 11.6 Å². The summed E-state index contributed by atoms with van der Waals surface area (Å²) in [5, 5.41) is 0. The highest BCUT2D eigenvalue weighted by Crippen LogP contribution is 2.32. The van der Waals surface area contributed by atoms with E-state index in [0.717, 1.165) is 54.5 Å². The Bertz CT molecular complexity index is 953. The Kier molecular flexibility index (Phi) is 6.35. The van der Waals surface area contributed by atoms with Gasteiger partial charge in [-0.3, -0.25) is 4.79 Å². The van der Waals surface area contributed by atoms with Crippen LogP contribution in [0.1, 0.15) is 49.8 Å². The van der Waals surface area contributed by atoms with E-state index in [1.165, 1.54) is 37.8 Å². The third kappa shape index (κ3) is 4.63. The smallest absolute Gasteiger partial charge is 0.222 e. The van der Waals surface area contributed by atoms with E-state index >= 15 is 0 Å². The van der Waals surface area contributed by atoms with Crippen LogP contribution >= 0.6 is 0 Å². The molecule has 3 heterocycles. The predicted molar refractivity (Wildman–Crippen MR) is 121 cm³/mol. The van der Waals surface area contributed by atoms with Gasteiger partial charge in [0.25, 0.3) is 0 Å². The molecule has 7 heteroatoms. The fraction of sp³-hybridized carbons (Fsp3) is 0.560. The fourth-order valence-corrected chi connectivity index (χ4v) is 5.16. The lowest BCUT2D eigenvalue weighted by molar-refractivity contribution is -0.132. The molecule has 2 aromatic rings. The highest BCUT2D eigenvalue weighted by molar-refractivity contribution is 5.77. The Morgan fingerprint density at radius 2 is 1.81 bits per heavy atom. The summed E-state index contributed by atoms with van der Waals surface area (Å²) in [7, 11) is 0. The number of fused-ring (bicyclic) bond motifs is 1. The van der Waals surface area contributed by atoms with Crippen molar-refractivity contribution in [2.75, 3.05) is 37.7 Å². The lowest BCUT2D eigenvalue weighted by Crippen LogP contribution is -2.41. The second-order valence-electron chi connectivity index (χ2n) is 9.16. The first-order chi connectivity index (χ1) is 15.7. The monoisotopic (exact) mass is 438 g/mol. The van der Waals surface area contributed by atoms with Crippen LogP contribution in [0.4, 0.5) is 10.2 Å². The molecule has 5 rings (SSSR count). The van der Waals surface area contributed by atoms with Gasteiger partial charge in [0.15, 0.2) is 5.82 Å². The highest BCUT2D eigenvalue weighted by atomic mass is 19.1. The van der Waals surface area contributed by atoms with Gasteiger partial charge < -0.3 is 14.5 Å². The molecule has 3 aliphatic rings. The van der Waals surface area contributed by atoms with Crippen LogP contribution in [0.25, 0.3) is 11.4 Å². The van der Waals surface area contributed by atoms with Crippen molar-refractivity contribution >= 4 is 11.7 Å². The second kappa shape index (κ2) is 9.53. The van der Waals surface area contributed by atoms with Crippen molar-refractivity contribution in [2.45, 2.75) is 51.5 Å². The van der Waals surface area contributed by atoms with Crippen molar-refractivity contribution in [2.24, 2.45) is 5.92 Å². The van der Waals surface area contributed by atoms with Gasteiger partial charge in [-0.25, -0.2) is 14.4 Å². The van der Waals surface area contributed by atoms with Gasteiger partial charge in [-0.15, -0.1) is 0 Å². The van der Waals surface area contributed by atoms with E-state index < -0.39 is 0 Å². The maximum absolute atomic E-state index is 13.4. The summed E-state index contributed by atoms with van der Waals surface area (Å²) < 4.78 is 19.0. The number of anilines is 1. The molecule has 0 atom stereocenters. The van der Waals surface area contributed by atoms with E-state index in [1.54, 1.807) is 12.1 Å². The van der Waals surface area contributed by atoms with Gasteiger partial charge in [-0.05, 0) is 36.6 Å². The highest BCUT2D eigenvalue weighted by Gasteiger charge is 2.29. The zero-order valence-electron chi connectivity index (χ0n) is 18.6. The lowest BCUT2D eigenvalue weighted by atomic mass is 10.00. The molecular weight excluding hydrogens is 407 g/mol. The number of benzene rings is 1. The zero-order chi connectivity index (χ0) is 21.9. The average Bonchev–Trinajstić information content (AvgIpc) is 3.36. The van der Waals surface area contributed by atoms with E-state index in [4.69, 9.17) is 14.7 Å². The van der Waals surface area contributed by atoms with Crippen molar-refractivity contribution in [1.82, 2.24) is 14.9 Å². The van der Waals surface area contributed by atoms with Gasteiger partial charge in [-0.2, -0.15) is 0 Å². The van der Waals surface area contributed by atoms with Crippen LogP contribution in [0.3, 0.4) is 0 Å². The van der Waals surface area contributed by atoms with Crippen molar-refractivity contribution < 1.29 is 13.9 Å². The Hall–Kier alpha value is -2.54. The Labute approximate surface area is 188 Å². The number of aromatic nitrogens is 2. The molecule has 32 heavy (non-hydrogen) atoms. The summed E-state index contributed by atoms with van der Waals surface area (Å²) in [6.07, 6.45) is 7.55. The van der Waals surface area contributed by atoms with Crippen LogP contribution in [-0.4, -0.2) is 53.6 Å². The summed E-state index contributed by atoms with van der Waals surface area (Å²) in [4.78, 5) is 27.0. The first-order valence-corrected chi connectivity index (χ1v) is 11.9. The molecule has 0 bridgehead atoms. The quantitative estimate of drug-likeness (QED) is 0.707. The molecule has 1 aromatic heterocycles. The Morgan fingerprint density at radius 1 is 1.06 bits per heavy atom. The maximum atomic E-state index is 13.4. The number of morpholine rings is 1. The van der Waals surface area contributed by atoms with Gasteiger partial charge in [0.2, 0.25) is 5.91 Å². The molecule has 0 spiro atoms. The topological polar surface area (TPSA) is 58.6 Å². The second-order valence-corrected chi connectivity index (χ2v) is 9.16. The summed E-state index contributed by atoms with van der Waals surface area (Å²) in [6.45, 7) is 4.11. The third-order valence-corrected chi connectivity index (χ3v) is 7.05. The van der Waals surface area contributed by atoms with E-state index in [2.05, 4.69) is 4.90 Å². The molecule has 1 aliphatic carbocycles. The normalized spacial score (nSPS) is 19.3. The Balaban J connectivity index is 1.40. The average molecular weight is 439 g/mol. The maximum Gasteiger partial charge on any atom is 0.222 e. The summed E-state index contributed by atoms with van der Waals surface area (Å²) >= 11 is 0. The number of nitrogens with zero attached hydrogens (tertiary/aromatic N) is 4. The van der Waals surface area contributed by atoms with Crippen LogP contribution in [-0.2, 0) is 22.5 Å². The predicted octanol–water partition coefficient (Wildman–Crippen LogP) is 3.97. The van der Waals surface area contributed by atoms with Crippen LogP contribution in [0.15, 0.2) is 24.3 Å². The van der Waals surface area contributed by atoms with E-state index in [0.29, 0.717) is 38.5 Å². The number of carbonyl (C=O) groups excluding carboxylic acids is 1. The molecule has 1 saturated heterocycles. The first kappa shape index (κ1) is 21.3. The Morgan fingerprint density at radius 3 is 2.56 bits per heavy atom. The molecule has 2 fully saturated rings. The molecule has 6 nitrogen and oxygen atoms in total. The number of rotatable bonds is 5. The minimum Gasteiger partial charge on any atom is -0.378 e. The zero-order valence-corrected chi connectivity index (χ0v) is 18.6. The molecule has 1 saturated carbocycles. The van der Waals surface area contributed by atoms with Crippen LogP contribution < -0.4 is 4.90 Å². The van der Waals surface area contributed by atoms with Crippen molar-refractivity contribution in [3.8, 4) is 11.4 Å². The molecule has 1 amide bonds. The van der Waals surface area contributed by atoms with Crippen LogP contribution in [0, 0.1) is 11.7 Å². The minimum atomic E-state index is -0.271. The molecule has 0 unspecified atom stereocenters. The molecule has 2 aliphatic heterocycles. The number of ether oxygens (including phenoxy) is 1. The van der Waals surface area contributed by atoms with Crippen molar-refractivity contribution in [1.29, 1.82) is 0 Å². The molecule has 0 radical (unpaired) electrons. The fourth-order valence-electron chi connectivity index (χ4n) is 5.16. The van der Waals surface area contributed by atoms with Gasteiger partial charge in [-0.1, -0.05) is 25.7 Å². The third-order valence-electron chi connectivity index (χ3n) is 7.05. The summed E-state index contributed by atoms with van der Waals surface area (Å²) in [5.41, 5.74) is 2.86. The molecule has 170 valence electrons. The van der Waals surface area contributed by atoms with E-state index in [1.807, 2.05) is 4.90 Å². The number of hydrogen-bond donors (Lipinski definition) is 0. The molecular formula is C25H31FN4O2. The van der Waals surface area contributed by atoms with Gasteiger partial charge >= 0.3 is 0 Å². The molecule has 1 aromatic carbocycles. The summed E-state index contributed by atoms with van der Waals surface area (Å²) in [6, 6.07) is 6.33. The van der Waals surface area contributed by atoms with Crippen LogP contribution in [0.5, 0.6) is 0 Å². The number of halogens is 1. The van der Waals surface area contributed by atoms with E-state index in [9.17, 15) is 9.18 Å². The number of hydrogen-bond acceptors (Lipinski definition) is 5. The minimum absolute atomic E-state index is 0.248. The standard InChI is InChI=1S/C25H31FN4O2/c26-20-8-6-19(7-9-20)24-27-22-11-12-30(23(31)10-5-18-3-1-2-4-18)17-21(22)25(28-24)29-13-15-32-16-14-29/h6-9,18H,1-5,10-17H2. The first-order valence-electron chi connectivity index (χ1n) is 11.9. The van der Waals surface area contributed by atoms with Crippen molar-refractivity contribution in [3.63, 3.8) is 0 Å². The van der Waals surface area contributed by atoms with Gasteiger partial charge in [0.05, 0.1) is 25.5 Å². The SMILES string of the molecule is O=C(CCC1CCCC1)N1CCc2nc(-c3ccc(F)cc3)nc(N3CCOCC3)c2C1. The molecule has 0 N–H and O–H groups in total.